The summed E-state index contributed by atoms with van der Waals surface area (Å²) in [5.74, 6) is 1.69. The lowest BCUT2D eigenvalue weighted by Gasteiger charge is -2.34. The van der Waals surface area contributed by atoms with Gasteiger partial charge in [0.05, 0.1) is 12.3 Å². The van der Waals surface area contributed by atoms with Crippen LogP contribution in [0.2, 0.25) is 0 Å². The van der Waals surface area contributed by atoms with E-state index in [1.54, 1.807) is 17.2 Å². The molecule has 0 radical (unpaired) electrons. The Morgan fingerprint density at radius 2 is 1.45 bits per heavy atom. The molecule has 1 aliphatic rings. The number of hydrogen-bond acceptors (Lipinski definition) is 7. The summed E-state index contributed by atoms with van der Waals surface area (Å²) in [6.45, 7) is 5.71. The van der Waals surface area contributed by atoms with E-state index in [9.17, 15) is 0 Å². The largest absolute Gasteiger partial charge is 0.494 e. The molecule has 4 aromatic rings. The molecular weight excluding hydrogens is 390 g/mol. The Morgan fingerprint density at radius 3 is 2.13 bits per heavy atom. The molecule has 0 atom stereocenters. The van der Waals surface area contributed by atoms with Crippen molar-refractivity contribution in [3.63, 3.8) is 0 Å². The number of benzene rings is 2. The van der Waals surface area contributed by atoms with Gasteiger partial charge in [-0.25, -0.2) is 9.97 Å². The van der Waals surface area contributed by atoms with Gasteiger partial charge >= 0.3 is 0 Å². The van der Waals surface area contributed by atoms with Gasteiger partial charge in [0.2, 0.25) is 5.95 Å². The normalized spacial score (nSPS) is 14.8. The van der Waals surface area contributed by atoms with Crippen molar-refractivity contribution in [2.45, 2.75) is 6.42 Å². The van der Waals surface area contributed by atoms with E-state index < -0.39 is 0 Å². The fourth-order valence-electron chi connectivity index (χ4n) is 3.76. The Bertz CT molecular complexity index is 1070. The molecular formula is C23H25N7O. The molecule has 1 saturated heterocycles. The average molecular weight is 416 g/mol. The second kappa shape index (κ2) is 9.09. The molecule has 0 amide bonds. The van der Waals surface area contributed by atoms with Crippen LogP contribution in [0, 0.1) is 0 Å². The monoisotopic (exact) mass is 415 g/mol. The highest BCUT2D eigenvalue weighted by Crippen LogP contribution is 2.17. The van der Waals surface area contributed by atoms with E-state index >= 15 is 0 Å². The Balaban J connectivity index is 1.06. The van der Waals surface area contributed by atoms with E-state index in [1.165, 1.54) is 0 Å². The molecule has 1 fully saturated rings. The minimum atomic E-state index is 0.700. The molecule has 8 heteroatoms. The lowest BCUT2D eigenvalue weighted by atomic mass is 10.3. The minimum Gasteiger partial charge on any atom is -0.494 e. The highest BCUT2D eigenvalue weighted by atomic mass is 16.5. The van der Waals surface area contributed by atoms with Crippen LogP contribution in [0.15, 0.2) is 67.0 Å². The molecule has 3 heterocycles. The van der Waals surface area contributed by atoms with Gasteiger partial charge in [0.15, 0.2) is 0 Å². The van der Waals surface area contributed by atoms with Gasteiger partial charge in [-0.3, -0.25) is 4.90 Å². The van der Waals surface area contributed by atoms with Crippen molar-refractivity contribution in [3.05, 3.63) is 67.0 Å². The predicted molar refractivity (Wildman–Crippen MR) is 120 cm³/mol. The van der Waals surface area contributed by atoms with Crippen molar-refractivity contribution < 1.29 is 4.74 Å². The summed E-state index contributed by atoms with van der Waals surface area (Å²) in [4.78, 5) is 15.1. The van der Waals surface area contributed by atoms with E-state index in [4.69, 9.17) is 4.74 Å². The summed E-state index contributed by atoms with van der Waals surface area (Å²) in [5.41, 5.74) is 2.70. The van der Waals surface area contributed by atoms with Crippen LogP contribution in [0.25, 0.3) is 16.7 Å². The van der Waals surface area contributed by atoms with Gasteiger partial charge in [-0.15, -0.1) is 10.2 Å². The highest BCUT2D eigenvalue weighted by Gasteiger charge is 2.18. The molecule has 158 valence electrons. The molecule has 31 heavy (non-hydrogen) atoms. The molecule has 8 nitrogen and oxygen atoms in total. The molecule has 0 aliphatic carbocycles. The van der Waals surface area contributed by atoms with E-state index in [2.05, 4.69) is 30.0 Å². The highest BCUT2D eigenvalue weighted by molar-refractivity contribution is 5.73. The third-order valence-corrected chi connectivity index (χ3v) is 5.45. The Morgan fingerprint density at radius 1 is 0.774 bits per heavy atom. The summed E-state index contributed by atoms with van der Waals surface area (Å²) in [5, 5.41) is 9.02. The Labute approximate surface area is 181 Å². The number of anilines is 1. The number of ether oxygens (including phenoxy) is 1. The van der Waals surface area contributed by atoms with E-state index in [-0.39, 0.29) is 0 Å². The summed E-state index contributed by atoms with van der Waals surface area (Å²) in [7, 11) is 0. The van der Waals surface area contributed by atoms with Crippen LogP contribution in [-0.4, -0.2) is 69.2 Å². The fraction of sp³-hybridized carbons (Fsp3) is 0.304. The van der Waals surface area contributed by atoms with E-state index in [0.29, 0.717) is 6.61 Å². The van der Waals surface area contributed by atoms with Crippen molar-refractivity contribution in [1.82, 2.24) is 29.9 Å². The topological polar surface area (TPSA) is 72.2 Å². The van der Waals surface area contributed by atoms with Crippen molar-refractivity contribution in [2.75, 3.05) is 44.2 Å². The number of piperazine rings is 1. The molecule has 2 aromatic heterocycles. The van der Waals surface area contributed by atoms with Crippen LogP contribution in [-0.2, 0) is 0 Å². The fourth-order valence-corrected chi connectivity index (χ4v) is 3.76. The predicted octanol–water partition coefficient (Wildman–Crippen LogP) is 2.80. The average Bonchev–Trinajstić information content (AvgIpc) is 3.28. The first-order chi connectivity index (χ1) is 15.3. The number of aromatic nitrogens is 5. The molecule has 1 aliphatic heterocycles. The third kappa shape index (κ3) is 4.64. The second-order valence-corrected chi connectivity index (χ2v) is 7.55. The zero-order chi connectivity index (χ0) is 20.9. The zero-order valence-electron chi connectivity index (χ0n) is 17.3. The van der Waals surface area contributed by atoms with Crippen LogP contribution in [0.1, 0.15) is 6.42 Å². The van der Waals surface area contributed by atoms with Gasteiger partial charge in [0, 0.05) is 45.1 Å². The number of rotatable bonds is 7. The van der Waals surface area contributed by atoms with Crippen LogP contribution in [0.3, 0.4) is 0 Å². The first-order valence-corrected chi connectivity index (χ1v) is 10.6. The number of nitrogens with zero attached hydrogens (tertiary/aromatic N) is 7. The summed E-state index contributed by atoms with van der Waals surface area (Å²) in [6.07, 6.45) is 4.59. The first-order valence-electron chi connectivity index (χ1n) is 10.6. The number of hydrogen-bond donors (Lipinski definition) is 0. The molecule has 0 bridgehead atoms. The Hall–Kier alpha value is -3.52. The van der Waals surface area contributed by atoms with Crippen molar-refractivity contribution in [3.8, 4) is 11.4 Å². The maximum atomic E-state index is 5.93. The smallest absolute Gasteiger partial charge is 0.225 e. The zero-order valence-corrected chi connectivity index (χ0v) is 17.3. The lowest BCUT2D eigenvalue weighted by molar-refractivity contribution is 0.224. The van der Waals surface area contributed by atoms with Crippen molar-refractivity contribution in [1.29, 1.82) is 0 Å². The van der Waals surface area contributed by atoms with E-state index in [0.717, 1.165) is 67.6 Å². The molecule has 0 N–H and O–H groups in total. The van der Waals surface area contributed by atoms with Gasteiger partial charge in [0.25, 0.3) is 0 Å². The summed E-state index contributed by atoms with van der Waals surface area (Å²) in [6, 6.07) is 17.6. The second-order valence-electron chi connectivity index (χ2n) is 7.55. The maximum absolute atomic E-state index is 5.93. The lowest BCUT2D eigenvalue weighted by Crippen LogP contribution is -2.47. The first kappa shape index (κ1) is 19.4. The van der Waals surface area contributed by atoms with Crippen LogP contribution < -0.4 is 9.64 Å². The van der Waals surface area contributed by atoms with Gasteiger partial charge in [0.1, 0.15) is 16.8 Å². The molecule has 0 spiro atoms. The van der Waals surface area contributed by atoms with E-state index in [1.807, 2.05) is 54.6 Å². The van der Waals surface area contributed by atoms with Gasteiger partial charge in [-0.2, -0.15) is 4.80 Å². The van der Waals surface area contributed by atoms with Gasteiger partial charge in [-0.05, 0) is 48.9 Å². The van der Waals surface area contributed by atoms with Gasteiger partial charge in [-0.1, -0.05) is 12.1 Å². The summed E-state index contributed by atoms with van der Waals surface area (Å²) < 4.78 is 5.93. The standard InChI is InChI=1S/C23H25N7O/c1-2-6-22-21(5-1)26-30(27-22)19-7-9-20(10-8-19)31-18-4-13-28-14-16-29(17-15-28)23-24-11-3-12-25-23/h1-3,5-12H,4,13-18H2. The molecule has 2 aromatic carbocycles. The molecule has 5 rings (SSSR count). The van der Waals surface area contributed by atoms with Crippen LogP contribution in [0.4, 0.5) is 5.95 Å². The third-order valence-electron chi connectivity index (χ3n) is 5.45. The molecule has 0 unspecified atom stereocenters. The summed E-state index contributed by atoms with van der Waals surface area (Å²) >= 11 is 0. The number of fused-ring (bicyclic) bond motifs is 1. The SMILES string of the molecule is c1cnc(N2CCN(CCCOc3ccc(-n4nc5ccccc5n4)cc3)CC2)nc1. The van der Waals surface area contributed by atoms with Crippen molar-refractivity contribution in [2.24, 2.45) is 0 Å². The maximum Gasteiger partial charge on any atom is 0.225 e. The molecule has 0 saturated carbocycles. The minimum absolute atomic E-state index is 0.700. The quantitative estimate of drug-likeness (QED) is 0.430. The van der Waals surface area contributed by atoms with Crippen molar-refractivity contribution >= 4 is 17.0 Å². The van der Waals surface area contributed by atoms with Crippen LogP contribution in [0.5, 0.6) is 5.75 Å². The Kier molecular flexibility index (Phi) is 5.70. The van der Waals surface area contributed by atoms with Crippen LogP contribution >= 0.6 is 0 Å². The van der Waals surface area contributed by atoms with Gasteiger partial charge < -0.3 is 9.64 Å².